The van der Waals surface area contributed by atoms with Gasteiger partial charge in [-0.15, -0.1) is 11.8 Å². The maximum atomic E-state index is 11.8. The Labute approximate surface area is 67.6 Å². The van der Waals surface area contributed by atoms with Crippen LogP contribution in [0.25, 0.3) is 0 Å². The first kappa shape index (κ1) is 10.6. The zero-order chi connectivity index (χ0) is 9.12. The molecule has 0 heterocycles. The van der Waals surface area contributed by atoms with E-state index in [1.165, 1.54) is 13.2 Å². The molecular formula is C6H8F3NS. The molecule has 1 unspecified atom stereocenters. The Bertz CT molecular complexity index is 172. The fourth-order valence-electron chi connectivity index (χ4n) is 0.540. The summed E-state index contributed by atoms with van der Waals surface area (Å²) in [6, 6.07) is 1.63. The molecule has 0 aliphatic rings. The number of nitrogens with zero attached hydrogens (tertiary/aromatic N) is 1. The van der Waals surface area contributed by atoms with E-state index in [-0.39, 0.29) is 0 Å². The van der Waals surface area contributed by atoms with Gasteiger partial charge in [-0.05, 0) is 13.2 Å². The average molecular weight is 183 g/mol. The van der Waals surface area contributed by atoms with Gasteiger partial charge >= 0.3 is 6.18 Å². The number of alkyl halides is 3. The van der Waals surface area contributed by atoms with Gasteiger partial charge in [0.25, 0.3) is 0 Å². The Balaban J connectivity index is 4.23. The van der Waals surface area contributed by atoms with Gasteiger partial charge in [0, 0.05) is 0 Å². The number of thioether (sulfide) groups is 1. The van der Waals surface area contributed by atoms with E-state index in [1.54, 1.807) is 6.07 Å². The van der Waals surface area contributed by atoms with E-state index in [1.807, 2.05) is 0 Å². The molecule has 0 amide bonds. The fourth-order valence-corrected chi connectivity index (χ4v) is 0.939. The van der Waals surface area contributed by atoms with Crippen LogP contribution in [0.15, 0.2) is 0 Å². The standard InChI is InChI=1S/C6H8F3NS/c1-5(4-10,11-2)3-6(7,8)9/h3H2,1-2H3. The van der Waals surface area contributed by atoms with Crippen LogP contribution in [0.5, 0.6) is 0 Å². The molecule has 0 radical (unpaired) electrons. The fraction of sp³-hybridized carbons (Fsp3) is 0.833. The number of rotatable bonds is 2. The van der Waals surface area contributed by atoms with E-state index in [0.717, 1.165) is 11.8 Å². The first-order chi connectivity index (χ1) is 4.83. The minimum absolute atomic E-state index is 0.918. The van der Waals surface area contributed by atoms with Crippen LogP contribution in [0.2, 0.25) is 0 Å². The number of nitriles is 1. The van der Waals surface area contributed by atoms with Crippen molar-refractivity contribution >= 4 is 11.8 Å². The molecule has 0 aromatic heterocycles. The van der Waals surface area contributed by atoms with Gasteiger partial charge in [0.15, 0.2) is 0 Å². The first-order valence-electron chi connectivity index (χ1n) is 2.86. The minimum atomic E-state index is -4.26. The third kappa shape index (κ3) is 4.14. The van der Waals surface area contributed by atoms with Crippen LogP contribution in [0, 0.1) is 11.3 Å². The molecule has 0 saturated carbocycles. The van der Waals surface area contributed by atoms with Gasteiger partial charge in [0.1, 0.15) is 4.75 Å². The summed E-state index contributed by atoms with van der Waals surface area (Å²) in [6.45, 7) is 1.28. The monoisotopic (exact) mass is 183 g/mol. The van der Waals surface area contributed by atoms with Crippen LogP contribution in [0.1, 0.15) is 13.3 Å². The van der Waals surface area contributed by atoms with Gasteiger partial charge in [0.05, 0.1) is 12.5 Å². The van der Waals surface area contributed by atoms with E-state index in [4.69, 9.17) is 5.26 Å². The summed E-state index contributed by atoms with van der Waals surface area (Å²) in [5.41, 5.74) is 0. The van der Waals surface area contributed by atoms with Gasteiger partial charge in [-0.25, -0.2) is 0 Å². The largest absolute Gasteiger partial charge is 0.391 e. The first-order valence-corrected chi connectivity index (χ1v) is 4.08. The minimum Gasteiger partial charge on any atom is -0.197 e. The Morgan fingerprint density at radius 2 is 1.91 bits per heavy atom. The molecule has 0 aliphatic carbocycles. The number of hydrogen-bond acceptors (Lipinski definition) is 2. The van der Waals surface area contributed by atoms with Gasteiger partial charge in [0.2, 0.25) is 0 Å². The van der Waals surface area contributed by atoms with Crippen LogP contribution < -0.4 is 0 Å². The van der Waals surface area contributed by atoms with Crippen LogP contribution in [-0.2, 0) is 0 Å². The Kier molecular flexibility index (Phi) is 3.24. The van der Waals surface area contributed by atoms with Crippen molar-refractivity contribution in [2.24, 2.45) is 0 Å². The summed E-state index contributed by atoms with van der Waals surface area (Å²) >= 11 is 0.918. The zero-order valence-corrected chi connectivity index (χ0v) is 7.01. The van der Waals surface area contributed by atoms with Gasteiger partial charge in [-0.1, -0.05) is 0 Å². The molecule has 64 valence electrons. The predicted octanol–water partition coefficient (Wildman–Crippen LogP) is 2.58. The third-order valence-electron chi connectivity index (χ3n) is 1.22. The van der Waals surface area contributed by atoms with Crippen molar-refractivity contribution in [3.63, 3.8) is 0 Å². The molecule has 0 spiro atoms. The average Bonchev–Trinajstić information content (AvgIpc) is 1.84. The molecule has 1 nitrogen and oxygen atoms in total. The maximum absolute atomic E-state index is 11.8. The molecule has 1 atom stereocenters. The van der Waals surface area contributed by atoms with Crippen LogP contribution >= 0.6 is 11.8 Å². The van der Waals surface area contributed by atoms with Gasteiger partial charge < -0.3 is 0 Å². The van der Waals surface area contributed by atoms with E-state index >= 15 is 0 Å². The van der Waals surface area contributed by atoms with E-state index < -0.39 is 17.3 Å². The summed E-state index contributed by atoms with van der Waals surface area (Å²) in [4.78, 5) is 0. The summed E-state index contributed by atoms with van der Waals surface area (Å²) < 4.78 is 33.9. The lowest BCUT2D eigenvalue weighted by Gasteiger charge is -2.19. The van der Waals surface area contributed by atoms with Crippen molar-refractivity contribution < 1.29 is 13.2 Å². The predicted molar refractivity (Wildman–Crippen MR) is 38.2 cm³/mol. The van der Waals surface area contributed by atoms with Crippen molar-refractivity contribution in [2.45, 2.75) is 24.3 Å². The van der Waals surface area contributed by atoms with Crippen LogP contribution in [0.4, 0.5) is 13.2 Å². The van der Waals surface area contributed by atoms with Crippen LogP contribution in [-0.4, -0.2) is 17.2 Å². The molecule has 0 fully saturated rings. The number of hydrogen-bond donors (Lipinski definition) is 0. The lowest BCUT2D eigenvalue weighted by atomic mass is 10.1. The lowest BCUT2D eigenvalue weighted by Crippen LogP contribution is -2.26. The molecule has 0 N–H and O–H groups in total. The highest BCUT2D eigenvalue weighted by Gasteiger charge is 2.39. The van der Waals surface area contributed by atoms with Crippen molar-refractivity contribution in [3.8, 4) is 6.07 Å². The smallest absolute Gasteiger partial charge is 0.197 e. The maximum Gasteiger partial charge on any atom is 0.391 e. The topological polar surface area (TPSA) is 23.8 Å². The Hall–Kier alpha value is -0.370. The second-order valence-corrected chi connectivity index (χ2v) is 3.65. The SMILES string of the molecule is CSC(C)(C#N)CC(F)(F)F. The molecule has 0 aliphatic heterocycles. The molecule has 0 rings (SSSR count). The molecular weight excluding hydrogens is 175 g/mol. The summed E-state index contributed by atoms with van der Waals surface area (Å²) in [5, 5.41) is 8.38. The third-order valence-corrected chi connectivity index (χ3v) is 2.36. The highest BCUT2D eigenvalue weighted by Crippen LogP contribution is 2.34. The molecule has 0 aromatic carbocycles. The van der Waals surface area contributed by atoms with Gasteiger partial charge in [-0.2, -0.15) is 18.4 Å². The van der Waals surface area contributed by atoms with Crippen molar-refractivity contribution in [1.82, 2.24) is 0 Å². The van der Waals surface area contributed by atoms with Crippen molar-refractivity contribution in [2.75, 3.05) is 6.26 Å². The lowest BCUT2D eigenvalue weighted by molar-refractivity contribution is -0.136. The van der Waals surface area contributed by atoms with Crippen molar-refractivity contribution in [1.29, 1.82) is 5.26 Å². The summed E-state index contributed by atoms with van der Waals surface area (Å²) in [6.07, 6.45) is -3.82. The quantitative estimate of drug-likeness (QED) is 0.657. The van der Waals surface area contributed by atoms with E-state index in [9.17, 15) is 13.2 Å². The molecule has 0 saturated heterocycles. The second kappa shape index (κ2) is 3.35. The zero-order valence-electron chi connectivity index (χ0n) is 6.20. The van der Waals surface area contributed by atoms with E-state index in [2.05, 4.69) is 0 Å². The van der Waals surface area contributed by atoms with Gasteiger partial charge in [-0.3, -0.25) is 0 Å². The normalized spacial score (nSPS) is 17.1. The number of halogens is 3. The summed E-state index contributed by atoms with van der Waals surface area (Å²) in [5.74, 6) is 0. The molecule has 11 heavy (non-hydrogen) atoms. The highest BCUT2D eigenvalue weighted by molar-refractivity contribution is 8.00. The molecule has 5 heteroatoms. The summed E-state index contributed by atoms with van der Waals surface area (Å²) in [7, 11) is 0. The molecule has 0 bridgehead atoms. The Morgan fingerprint density at radius 3 is 2.00 bits per heavy atom. The Morgan fingerprint density at radius 1 is 1.45 bits per heavy atom. The van der Waals surface area contributed by atoms with Crippen molar-refractivity contribution in [3.05, 3.63) is 0 Å². The molecule has 0 aromatic rings. The highest BCUT2D eigenvalue weighted by atomic mass is 32.2. The second-order valence-electron chi connectivity index (χ2n) is 2.34. The van der Waals surface area contributed by atoms with Crippen LogP contribution in [0.3, 0.4) is 0 Å². The van der Waals surface area contributed by atoms with E-state index in [0.29, 0.717) is 0 Å².